The van der Waals surface area contributed by atoms with E-state index in [-0.39, 0.29) is 12.8 Å². The summed E-state index contributed by atoms with van der Waals surface area (Å²) in [6, 6.07) is 0. The predicted molar refractivity (Wildman–Crippen MR) is 63.8 cm³/mol. The molecule has 0 amide bonds. The van der Waals surface area contributed by atoms with Gasteiger partial charge >= 0.3 is 7.82 Å². The average molecular weight is 342 g/mol. The van der Waals surface area contributed by atoms with Crippen LogP contribution < -0.4 is 0 Å². The molecule has 0 rings (SSSR count). The van der Waals surface area contributed by atoms with Gasteiger partial charge in [0.25, 0.3) is 20.2 Å². The van der Waals surface area contributed by atoms with Crippen LogP contribution in [0.25, 0.3) is 0 Å². The van der Waals surface area contributed by atoms with E-state index in [1.807, 2.05) is 0 Å². The molecule has 0 heterocycles. The summed E-state index contributed by atoms with van der Waals surface area (Å²) in [4.78, 5) is 9.06. The molecule has 0 aliphatic rings. The van der Waals surface area contributed by atoms with Crippen LogP contribution in [-0.2, 0) is 33.8 Å². The molecular weight excluding hydrogens is 327 g/mol. The molecule has 13 heteroatoms. The molecule has 0 unspecified atom stereocenters. The third-order valence-corrected chi connectivity index (χ3v) is 4.23. The van der Waals surface area contributed by atoms with Crippen LogP contribution in [0.15, 0.2) is 0 Å². The number of phosphoric acid groups is 1. The van der Waals surface area contributed by atoms with E-state index in [1.54, 1.807) is 0 Å². The summed E-state index contributed by atoms with van der Waals surface area (Å²) in [7, 11) is -12.7. The molecule has 0 aromatic heterocycles. The van der Waals surface area contributed by atoms with E-state index in [0.717, 1.165) is 0 Å². The minimum atomic E-state index is -4.41. The number of rotatable bonds is 10. The van der Waals surface area contributed by atoms with E-state index in [1.165, 1.54) is 0 Å². The first kappa shape index (κ1) is 18.9. The molecule has 0 fully saturated rings. The molecule has 0 aromatic rings. The Hall–Kier alpha value is -0.0700. The molecule has 0 radical (unpaired) electrons. The number of hydrogen-bond donors (Lipinski definition) is 3. The fraction of sp³-hybridized carbons (Fsp3) is 1.00. The van der Waals surface area contributed by atoms with Crippen LogP contribution in [0.5, 0.6) is 0 Å². The van der Waals surface area contributed by atoms with E-state index in [4.69, 9.17) is 14.0 Å². The van der Waals surface area contributed by atoms with Crippen LogP contribution in [0.3, 0.4) is 0 Å². The Morgan fingerprint density at radius 3 is 1.42 bits per heavy atom. The van der Waals surface area contributed by atoms with Gasteiger partial charge in [0.2, 0.25) is 0 Å². The van der Waals surface area contributed by atoms with Crippen LogP contribution in [0.4, 0.5) is 0 Å². The van der Waals surface area contributed by atoms with Gasteiger partial charge in [-0.05, 0) is 12.8 Å². The first-order valence-electron chi connectivity index (χ1n) is 4.93. The Kier molecular flexibility index (Phi) is 7.62. The second-order valence-electron chi connectivity index (χ2n) is 3.41. The minimum Gasteiger partial charge on any atom is -0.302 e. The van der Waals surface area contributed by atoms with E-state index in [0.29, 0.717) is 0 Å². The second-order valence-corrected chi connectivity index (χ2v) is 8.01. The SMILES string of the molecule is O=P(O)(OCCCS(=O)(=O)O)OCCCS(=O)(=O)O. The highest BCUT2D eigenvalue weighted by atomic mass is 32.2. The van der Waals surface area contributed by atoms with Crippen molar-refractivity contribution in [3.8, 4) is 0 Å². The van der Waals surface area contributed by atoms with E-state index in [9.17, 15) is 21.4 Å². The van der Waals surface area contributed by atoms with Crippen LogP contribution in [0.1, 0.15) is 12.8 Å². The molecular formula is C6H15O10PS2. The zero-order valence-corrected chi connectivity index (χ0v) is 12.2. The van der Waals surface area contributed by atoms with E-state index in [2.05, 4.69) is 9.05 Å². The molecule has 0 spiro atoms. The van der Waals surface area contributed by atoms with Gasteiger partial charge in [0, 0.05) is 0 Å². The van der Waals surface area contributed by atoms with Crippen LogP contribution in [0.2, 0.25) is 0 Å². The van der Waals surface area contributed by atoms with Gasteiger partial charge < -0.3 is 4.89 Å². The van der Waals surface area contributed by atoms with Crippen LogP contribution in [0, 0.1) is 0 Å². The smallest absolute Gasteiger partial charge is 0.302 e. The summed E-state index contributed by atoms with van der Waals surface area (Å²) in [5.74, 6) is -1.26. The van der Waals surface area contributed by atoms with Crippen LogP contribution in [-0.4, -0.2) is 55.6 Å². The predicted octanol–water partition coefficient (Wildman–Crippen LogP) is -0.324. The van der Waals surface area contributed by atoms with E-state index >= 15 is 0 Å². The molecule has 0 aliphatic carbocycles. The largest absolute Gasteiger partial charge is 0.472 e. The van der Waals surface area contributed by atoms with Crippen molar-refractivity contribution in [2.45, 2.75) is 12.8 Å². The quantitative estimate of drug-likeness (QED) is 0.272. The molecule has 3 N–H and O–H groups in total. The summed E-state index contributed by atoms with van der Waals surface area (Å²) in [5, 5.41) is 0. The lowest BCUT2D eigenvalue weighted by atomic mass is 10.5. The van der Waals surface area contributed by atoms with Gasteiger partial charge in [-0.1, -0.05) is 0 Å². The first-order chi connectivity index (χ1) is 8.41. The Morgan fingerprint density at radius 1 is 0.842 bits per heavy atom. The van der Waals surface area contributed by atoms with Crippen molar-refractivity contribution in [3.05, 3.63) is 0 Å². The van der Waals surface area contributed by atoms with Crippen molar-refractivity contribution in [1.29, 1.82) is 0 Å². The lowest BCUT2D eigenvalue weighted by molar-refractivity contribution is 0.149. The Bertz CT molecular complexity index is 464. The number of phosphoric ester groups is 1. The average Bonchev–Trinajstić information content (AvgIpc) is 2.17. The third kappa shape index (κ3) is 14.2. The Morgan fingerprint density at radius 2 is 1.16 bits per heavy atom. The first-order valence-corrected chi connectivity index (χ1v) is 9.65. The number of hydrogen-bond acceptors (Lipinski definition) is 7. The molecule has 10 nitrogen and oxygen atoms in total. The third-order valence-electron chi connectivity index (χ3n) is 1.60. The maximum absolute atomic E-state index is 11.2. The molecule has 0 bridgehead atoms. The van der Waals surface area contributed by atoms with Gasteiger partial charge in [-0.15, -0.1) is 0 Å². The fourth-order valence-corrected chi connectivity index (χ4v) is 2.64. The fourth-order valence-electron chi connectivity index (χ4n) is 0.880. The molecule has 0 atom stereocenters. The monoisotopic (exact) mass is 342 g/mol. The molecule has 0 saturated carbocycles. The minimum absolute atomic E-state index is 0.211. The summed E-state index contributed by atoms with van der Waals surface area (Å²) < 4.78 is 77.9. The molecule has 0 saturated heterocycles. The highest BCUT2D eigenvalue weighted by Gasteiger charge is 2.21. The Balaban J connectivity index is 3.84. The molecule has 19 heavy (non-hydrogen) atoms. The standard InChI is InChI=1S/C6H15O10PS2/c7-17(8,15-3-1-5-18(9,10)11)16-4-2-6-19(12,13)14/h1-6H2,(H,7,8)(H,9,10,11)(H,12,13,14). The van der Waals surface area contributed by atoms with Crippen molar-refractivity contribution in [2.75, 3.05) is 24.7 Å². The maximum atomic E-state index is 11.2. The Labute approximate surface area is 110 Å². The van der Waals surface area contributed by atoms with Crippen molar-refractivity contribution in [1.82, 2.24) is 0 Å². The zero-order valence-electron chi connectivity index (χ0n) is 9.71. The van der Waals surface area contributed by atoms with Crippen molar-refractivity contribution in [2.24, 2.45) is 0 Å². The highest BCUT2D eigenvalue weighted by Crippen LogP contribution is 2.43. The van der Waals surface area contributed by atoms with Crippen LogP contribution >= 0.6 is 7.82 Å². The molecule has 0 aliphatic heterocycles. The normalized spacial score (nSPS) is 13.6. The summed E-state index contributed by atoms with van der Waals surface area (Å²) in [6.45, 7) is -0.877. The molecule has 0 aromatic carbocycles. The summed E-state index contributed by atoms with van der Waals surface area (Å²) >= 11 is 0. The second kappa shape index (κ2) is 7.64. The summed E-state index contributed by atoms with van der Waals surface area (Å²) in [5.41, 5.74) is 0. The van der Waals surface area contributed by atoms with Gasteiger partial charge in [-0.3, -0.25) is 18.2 Å². The topological polar surface area (TPSA) is 164 Å². The van der Waals surface area contributed by atoms with Crippen molar-refractivity contribution < 1.29 is 44.4 Å². The van der Waals surface area contributed by atoms with Gasteiger partial charge in [-0.25, -0.2) is 4.57 Å². The lowest BCUT2D eigenvalue weighted by Gasteiger charge is -2.11. The summed E-state index contributed by atoms with van der Waals surface area (Å²) in [6.07, 6.45) is -0.421. The molecule has 116 valence electrons. The van der Waals surface area contributed by atoms with Gasteiger partial charge in [0.1, 0.15) is 0 Å². The van der Waals surface area contributed by atoms with E-state index < -0.39 is 52.8 Å². The van der Waals surface area contributed by atoms with Gasteiger partial charge in [-0.2, -0.15) is 16.8 Å². The maximum Gasteiger partial charge on any atom is 0.472 e. The highest BCUT2D eigenvalue weighted by molar-refractivity contribution is 7.86. The van der Waals surface area contributed by atoms with Gasteiger partial charge in [0.05, 0.1) is 24.7 Å². The zero-order chi connectivity index (χ0) is 15.2. The van der Waals surface area contributed by atoms with Gasteiger partial charge in [0.15, 0.2) is 0 Å². The van der Waals surface area contributed by atoms with Crippen molar-refractivity contribution >= 4 is 28.1 Å². The van der Waals surface area contributed by atoms with Crippen molar-refractivity contribution in [3.63, 3.8) is 0 Å². The lowest BCUT2D eigenvalue weighted by Crippen LogP contribution is -2.09.